The van der Waals surface area contributed by atoms with Crippen molar-refractivity contribution in [3.8, 4) is 0 Å². The van der Waals surface area contributed by atoms with Gasteiger partial charge in [-0.3, -0.25) is 0 Å². The molecule has 0 saturated carbocycles. The highest BCUT2D eigenvalue weighted by molar-refractivity contribution is 6.18. The zero-order chi connectivity index (χ0) is 11.5. The monoisotopic (exact) mass is 227 g/mol. The first-order valence-electron chi connectivity index (χ1n) is 5.47. The lowest BCUT2D eigenvalue weighted by molar-refractivity contribution is -0.0569. The third-order valence-electron chi connectivity index (χ3n) is 3.88. The quantitative estimate of drug-likeness (QED) is 0.259. The maximum atomic E-state index is 8.95. The molecule has 0 aromatic heterocycles. The predicted octanol–water partition coefficient (Wildman–Crippen LogP) is 1.29. The first-order valence-corrected chi connectivity index (χ1v) is 6.47. The van der Waals surface area contributed by atoms with Gasteiger partial charge in [0.2, 0.25) is 0 Å². The summed E-state index contributed by atoms with van der Waals surface area (Å²) in [7, 11) is 0.914. The van der Waals surface area contributed by atoms with Crippen molar-refractivity contribution in [2.75, 3.05) is 6.61 Å². The van der Waals surface area contributed by atoms with Gasteiger partial charge in [-0.2, -0.15) is 0 Å². The first kappa shape index (κ1) is 12.5. The van der Waals surface area contributed by atoms with E-state index in [1.807, 2.05) is 19.9 Å². The fourth-order valence-corrected chi connectivity index (χ4v) is 3.32. The van der Waals surface area contributed by atoms with Crippen LogP contribution < -0.4 is 0 Å². The second-order valence-corrected chi connectivity index (χ2v) is 6.24. The van der Waals surface area contributed by atoms with Gasteiger partial charge < -0.3 is 9.94 Å². The van der Waals surface area contributed by atoms with Crippen LogP contribution in [0.25, 0.3) is 0 Å². The van der Waals surface area contributed by atoms with Gasteiger partial charge in [0.25, 0.3) is 0 Å². The molecule has 0 radical (unpaired) electrons. The van der Waals surface area contributed by atoms with Gasteiger partial charge in [0.15, 0.2) is 0 Å². The van der Waals surface area contributed by atoms with Gasteiger partial charge in [0.05, 0.1) is 16.4 Å². The predicted molar refractivity (Wildman–Crippen MR) is 65.7 cm³/mol. The lowest BCUT2D eigenvalue weighted by Crippen LogP contribution is -2.53. The molecule has 1 saturated heterocycles. The minimum Gasteiger partial charge on any atom is -0.411 e. The Morgan fingerprint density at radius 2 is 2.33 bits per heavy atom. The van der Waals surface area contributed by atoms with Gasteiger partial charge in [-0.25, -0.2) is 0 Å². The van der Waals surface area contributed by atoms with Crippen LogP contribution in [0.5, 0.6) is 0 Å². The fraction of sp³-hybridized carbons (Fsp3) is 0.727. The fourth-order valence-electron chi connectivity index (χ4n) is 2.19. The molecule has 0 aromatic rings. The molecule has 15 heavy (non-hydrogen) atoms. The van der Waals surface area contributed by atoms with Crippen LogP contribution in [0.15, 0.2) is 17.8 Å². The van der Waals surface area contributed by atoms with Gasteiger partial charge in [-0.1, -0.05) is 11.2 Å². The van der Waals surface area contributed by atoms with E-state index in [1.165, 1.54) is 6.42 Å². The lowest BCUT2D eigenvalue weighted by atomic mass is 9.76. The van der Waals surface area contributed by atoms with Crippen LogP contribution in [0, 0.1) is 5.41 Å². The molecule has 1 rings (SSSR count). The van der Waals surface area contributed by atoms with Crippen molar-refractivity contribution in [1.82, 2.24) is 0 Å². The van der Waals surface area contributed by atoms with Crippen LogP contribution >= 0.6 is 0 Å². The number of hydrogen-bond acceptors (Lipinski definition) is 3. The summed E-state index contributed by atoms with van der Waals surface area (Å²) < 4.78 is 5.94. The summed E-state index contributed by atoms with van der Waals surface area (Å²) >= 11 is 0. The molecule has 2 unspecified atom stereocenters. The Hall–Kier alpha value is -0.613. The number of oxime groups is 1. The van der Waals surface area contributed by atoms with Gasteiger partial charge in [0.1, 0.15) is 0 Å². The third-order valence-corrected chi connectivity index (χ3v) is 5.70. The average Bonchev–Trinajstić information content (AvgIpc) is 2.27. The van der Waals surface area contributed by atoms with Crippen LogP contribution in [0.3, 0.4) is 0 Å². The molecule has 1 aliphatic rings. The summed E-state index contributed by atoms with van der Waals surface area (Å²) in [5.74, 6) is 0. The van der Waals surface area contributed by atoms with Crippen molar-refractivity contribution in [1.29, 1.82) is 0 Å². The normalized spacial score (nSPS) is 32.3. The number of nitrogens with zero attached hydrogens (tertiary/aromatic N) is 1. The molecule has 86 valence electrons. The largest absolute Gasteiger partial charge is 0.411 e. The zero-order valence-corrected chi connectivity index (χ0v) is 11.9. The van der Waals surface area contributed by atoms with Crippen molar-refractivity contribution in [3.05, 3.63) is 12.7 Å². The maximum absolute atomic E-state index is 8.95. The Morgan fingerprint density at radius 1 is 1.67 bits per heavy atom. The second kappa shape index (κ2) is 4.49. The van der Waals surface area contributed by atoms with E-state index in [4.69, 9.17) is 9.94 Å². The van der Waals surface area contributed by atoms with E-state index >= 15 is 0 Å². The van der Waals surface area contributed by atoms with Crippen LogP contribution in [0.2, 0.25) is 0 Å². The molecule has 0 aromatic carbocycles. The van der Waals surface area contributed by atoms with Crippen LogP contribution in [0.1, 0.15) is 33.1 Å². The molecule has 0 aliphatic carbocycles. The minimum absolute atomic E-state index is 0.163. The number of ether oxygens (including phenoxy) is 1. The molecule has 4 heteroatoms. The highest BCUT2D eigenvalue weighted by Crippen LogP contribution is 2.40. The van der Waals surface area contributed by atoms with E-state index in [9.17, 15) is 0 Å². The van der Waals surface area contributed by atoms with Crippen molar-refractivity contribution < 1.29 is 9.94 Å². The molecule has 3 nitrogen and oxygen atoms in total. The SMILES string of the molecule is C=CC(C)(C(C)=NO)C1([SiH3])CCCCO1. The van der Waals surface area contributed by atoms with Crippen molar-refractivity contribution in [2.24, 2.45) is 10.6 Å². The van der Waals surface area contributed by atoms with Gasteiger partial charge in [-0.15, -0.1) is 6.58 Å². The molecular formula is C11H21NO2Si. The molecule has 0 bridgehead atoms. The Balaban J connectivity index is 3.03. The van der Waals surface area contributed by atoms with E-state index < -0.39 is 0 Å². The van der Waals surface area contributed by atoms with Crippen LogP contribution in [-0.2, 0) is 4.74 Å². The number of rotatable bonds is 3. The molecule has 1 fully saturated rings. The smallest absolute Gasteiger partial charge is 0.0661 e. The summed E-state index contributed by atoms with van der Waals surface area (Å²) in [6.07, 6.45) is 5.22. The van der Waals surface area contributed by atoms with Gasteiger partial charge >= 0.3 is 0 Å². The topological polar surface area (TPSA) is 41.8 Å². The standard InChI is InChI=1S/C11H21NO2Si/c1-4-10(3,9(2)12-13)11(15)7-5-6-8-14-11/h4,13H,1,5-8H2,2-3,15H3. The summed E-state index contributed by atoms with van der Waals surface area (Å²) in [6, 6.07) is 0. The molecular weight excluding hydrogens is 206 g/mol. The highest BCUT2D eigenvalue weighted by Gasteiger charge is 2.46. The minimum atomic E-state index is -0.339. The van der Waals surface area contributed by atoms with E-state index in [0.29, 0.717) is 5.71 Å². The molecule has 1 N–H and O–H groups in total. The molecule has 1 heterocycles. The van der Waals surface area contributed by atoms with Crippen molar-refractivity contribution in [3.63, 3.8) is 0 Å². The summed E-state index contributed by atoms with van der Waals surface area (Å²) in [5, 5.41) is 12.1. The van der Waals surface area contributed by atoms with E-state index in [0.717, 1.165) is 29.7 Å². The van der Waals surface area contributed by atoms with Crippen LogP contribution in [0.4, 0.5) is 0 Å². The molecule has 2 atom stereocenters. The Labute approximate surface area is 94.6 Å². The van der Waals surface area contributed by atoms with Crippen LogP contribution in [-0.4, -0.2) is 33.0 Å². The Bertz CT molecular complexity index is 272. The summed E-state index contributed by atoms with van der Waals surface area (Å²) in [6.45, 7) is 8.57. The molecule has 0 amide bonds. The highest BCUT2D eigenvalue weighted by atomic mass is 28.1. The van der Waals surface area contributed by atoms with Gasteiger partial charge in [-0.05, 0) is 33.1 Å². The lowest BCUT2D eigenvalue weighted by Gasteiger charge is -2.46. The maximum Gasteiger partial charge on any atom is 0.0661 e. The zero-order valence-electron chi connectivity index (χ0n) is 9.92. The van der Waals surface area contributed by atoms with E-state index in [-0.39, 0.29) is 10.6 Å². The third kappa shape index (κ3) is 2.01. The molecule has 1 aliphatic heterocycles. The number of hydrogen-bond donors (Lipinski definition) is 1. The van der Waals surface area contributed by atoms with Crippen molar-refractivity contribution >= 4 is 16.0 Å². The van der Waals surface area contributed by atoms with Gasteiger partial charge in [0, 0.05) is 16.8 Å². The first-order chi connectivity index (χ1) is 7.00. The van der Waals surface area contributed by atoms with E-state index in [2.05, 4.69) is 11.7 Å². The van der Waals surface area contributed by atoms with Crippen molar-refractivity contribution in [2.45, 2.75) is 38.3 Å². The molecule has 0 spiro atoms. The average molecular weight is 227 g/mol. The summed E-state index contributed by atoms with van der Waals surface area (Å²) in [5.41, 5.74) is 0.350. The Morgan fingerprint density at radius 3 is 2.73 bits per heavy atom. The summed E-state index contributed by atoms with van der Waals surface area (Å²) in [4.78, 5) is 0. The second-order valence-electron chi connectivity index (χ2n) is 4.63. The Kier molecular flexibility index (Phi) is 3.73. The van der Waals surface area contributed by atoms with E-state index in [1.54, 1.807) is 0 Å².